The first-order valence-corrected chi connectivity index (χ1v) is 11.4. The fourth-order valence-corrected chi connectivity index (χ4v) is 4.43. The van der Waals surface area contributed by atoms with Crippen molar-refractivity contribution < 1.29 is 19.4 Å². The van der Waals surface area contributed by atoms with Gasteiger partial charge < -0.3 is 14.7 Å². The second kappa shape index (κ2) is 9.40. The van der Waals surface area contributed by atoms with Crippen molar-refractivity contribution in [3.05, 3.63) is 93.7 Å². The van der Waals surface area contributed by atoms with Crippen LogP contribution in [0.25, 0.3) is 5.76 Å². The van der Waals surface area contributed by atoms with E-state index in [1.807, 2.05) is 47.8 Å². The first-order chi connectivity index (χ1) is 15.5. The highest BCUT2D eigenvalue weighted by Crippen LogP contribution is 2.40. The van der Waals surface area contributed by atoms with E-state index in [0.717, 1.165) is 10.4 Å². The molecule has 0 bridgehead atoms. The molecule has 0 radical (unpaired) electrons. The molecule has 3 aromatic rings. The monoisotopic (exact) mass is 447 g/mol. The summed E-state index contributed by atoms with van der Waals surface area (Å²) in [5, 5.41) is 13.1. The SMILES string of the molecule is CC(C)COc1ccc(/C(O)=C2/C(=O)C(=O)N(Cc3cccs3)C2c2ccccc2)cc1. The van der Waals surface area contributed by atoms with Gasteiger partial charge in [-0.2, -0.15) is 0 Å². The minimum absolute atomic E-state index is 0.105. The summed E-state index contributed by atoms with van der Waals surface area (Å²) in [4.78, 5) is 28.5. The molecule has 1 fully saturated rings. The average Bonchev–Trinajstić information content (AvgIpc) is 3.40. The van der Waals surface area contributed by atoms with Crippen molar-refractivity contribution in [1.82, 2.24) is 4.90 Å². The van der Waals surface area contributed by atoms with Gasteiger partial charge in [-0.1, -0.05) is 50.2 Å². The molecule has 1 saturated heterocycles. The lowest BCUT2D eigenvalue weighted by molar-refractivity contribution is -0.140. The van der Waals surface area contributed by atoms with E-state index >= 15 is 0 Å². The lowest BCUT2D eigenvalue weighted by atomic mass is 9.95. The molecule has 1 aliphatic heterocycles. The second-order valence-electron chi connectivity index (χ2n) is 8.15. The van der Waals surface area contributed by atoms with E-state index in [4.69, 9.17) is 4.74 Å². The summed E-state index contributed by atoms with van der Waals surface area (Å²) in [6, 6.07) is 19.5. The quantitative estimate of drug-likeness (QED) is 0.299. The predicted molar refractivity (Wildman–Crippen MR) is 125 cm³/mol. The summed E-state index contributed by atoms with van der Waals surface area (Å²) in [5.74, 6) is -0.374. The lowest BCUT2D eigenvalue weighted by Gasteiger charge is -2.24. The van der Waals surface area contributed by atoms with Gasteiger partial charge in [-0.25, -0.2) is 0 Å². The molecule has 0 saturated carbocycles. The number of amides is 1. The topological polar surface area (TPSA) is 66.8 Å². The summed E-state index contributed by atoms with van der Waals surface area (Å²) in [5.41, 5.74) is 1.35. The van der Waals surface area contributed by atoms with Crippen molar-refractivity contribution in [3.8, 4) is 5.75 Å². The van der Waals surface area contributed by atoms with E-state index in [2.05, 4.69) is 13.8 Å². The molecule has 1 N–H and O–H groups in total. The van der Waals surface area contributed by atoms with Crippen LogP contribution < -0.4 is 4.74 Å². The van der Waals surface area contributed by atoms with Crippen LogP contribution in [-0.2, 0) is 16.1 Å². The fourth-order valence-electron chi connectivity index (χ4n) is 3.72. The minimum atomic E-state index is -0.673. The maximum Gasteiger partial charge on any atom is 0.295 e. The Kier molecular flexibility index (Phi) is 6.42. The number of benzene rings is 2. The van der Waals surface area contributed by atoms with Crippen LogP contribution in [0, 0.1) is 5.92 Å². The normalized spacial score (nSPS) is 17.8. The van der Waals surface area contributed by atoms with Gasteiger partial charge in [-0.3, -0.25) is 9.59 Å². The molecule has 5 nitrogen and oxygen atoms in total. The molecular formula is C26H25NO4S. The Morgan fingerprint density at radius 1 is 1.03 bits per heavy atom. The standard InChI is InChI=1S/C26H25NO4S/c1-17(2)16-31-20-12-10-19(11-13-20)24(28)22-23(18-7-4-3-5-8-18)27(26(30)25(22)29)15-21-9-6-14-32-21/h3-14,17,23,28H,15-16H2,1-2H3/b24-22-. The number of aliphatic hydroxyl groups excluding tert-OH is 1. The maximum atomic E-state index is 13.1. The number of ether oxygens (including phenoxy) is 1. The number of hydrogen-bond donors (Lipinski definition) is 1. The summed E-state index contributed by atoms with van der Waals surface area (Å²) >= 11 is 1.53. The number of rotatable bonds is 7. The van der Waals surface area contributed by atoms with E-state index in [9.17, 15) is 14.7 Å². The Morgan fingerprint density at radius 3 is 2.38 bits per heavy atom. The molecule has 6 heteroatoms. The van der Waals surface area contributed by atoms with Gasteiger partial charge in [0.15, 0.2) is 0 Å². The summed E-state index contributed by atoms with van der Waals surface area (Å²) in [6.45, 7) is 5.03. The molecule has 0 aliphatic carbocycles. The van der Waals surface area contributed by atoms with E-state index in [1.54, 1.807) is 24.3 Å². The average molecular weight is 448 g/mol. The molecule has 2 aromatic carbocycles. The number of aliphatic hydroxyl groups is 1. The van der Waals surface area contributed by atoms with E-state index in [1.165, 1.54) is 16.2 Å². The largest absolute Gasteiger partial charge is 0.507 e. The van der Waals surface area contributed by atoms with Gasteiger partial charge in [0.25, 0.3) is 11.7 Å². The Balaban J connectivity index is 1.73. The van der Waals surface area contributed by atoms with Gasteiger partial charge in [0, 0.05) is 10.4 Å². The molecule has 1 unspecified atom stereocenters. The third-order valence-corrected chi connectivity index (χ3v) is 6.13. The number of Topliss-reactive ketones (excluding diaryl/α,β-unsaturated/α-hetero) is 1. The van der Waals surface area contributed by atoms with Crippen LogP contribution in [-0.4, -0.2) is 28.3 Å². The zero-order valence-electron chi connectivity index (χ0n) is 18.0. The molecule has 0 spiro atoms. The van der Waals surface area contributed by atoms with Gasteiger partial charge in [0.1, 0.15) is 11.5 Å². The van der Waals surface area contributed by atoms with Crippen molar-refractivity contribution in [2.45, 2.75) is 26.4 Å². The van der Waals surface area contributed by atoms with Crippen molar-refractivity contribution in [2.75, 3.05) is 6.61 Å². The molecule has 1 aliphatic rings. The van der Waals surface area contributed by atoms with Crippen molar-refractivity contribution in [1.29, 1.82) is 0 Å². The number of carbonyl (C=O) groups excluding carboxylic acids is 2. The lowest BCUT2D eigenvalue weighted by Crippen LogP contribution is -2.28. The molecule has 4 rings (SSSR count). The van der Waals surface area contributed by atoms with E-state index in [-0.39, 0.29) is 11.3 Å². The molecule has 2 heterocycles. The first kappa shape index (κ1) is 21.8. The maximum absolute atomic E-state index is 13.1. The number of likely N-dealkylation sites (tertiary alicyclic amines) is 1. The van der Waals surface area contributed by atoms with Crippen molar-refractivity contribution in [2.24, 2.45) is 5.92 Å². The van der Waals surface area contributed by atoms with Gasteiger partial charge >= 0.3 is 0 Å². The van der Waals surface area contributed by atoms with Gasteiger partial charge in [0.2, 0.25) is 0 Å². The zero-order valence-corrected chi connectivity index (χ0v) is 18.8. The number of ketones is 1. The smallest absolute Gasteiger partial charge is 0.295 e. The fraction of sp³-hybridized carbons (Fsp3) is 0.231. The Bertz CT molecular complexity index is 1120. The van der Waals surface area contributed by atoms with Crippen LogP contribution in [0.4, 0.5) is 0 Å². The number of nitrogens with zero attached hydrogens (tertiary/aromatic N) is 1. The third-order valence-electron chi connectivity index (χ3n) is 5.27. The Labute approximate surface area is 191 Å². The second-order valence-corrected chi connectivity index (χ2v) is 9.18. The van der Waals surface area contributed by atoms with Gasteiger partial charge in [0.05, 0.1) is 24.8 Å². The molecule has 164 valence electrons. The highest BCUT2D eigenvalue weighted by Gasteiger charge is 2.46. The molecular weight excluding hydrogens is 422 g/mol. The summed E-state index contributed by atoms with van der Waals surface area (Å²) in [6.07, 6.45) is 0. The van der Waals surface area contributed by atoms with Crippen LogP contribution in [0.3, 0.4) is 0 Å². The molecule has 1 aromatic heterocycles. The predicted octanol–water partition coefficient (Wildman–Crippen LogP) is 5.40. The van der Waals surface area contributed by atoms with E-state index < -0.39 is 17.7 Å². The van der Waals surface area contributed by atoms with Crippen molar-refractivity contribution in [3.63, 3.8) is 0 Å². The molecule has 1 atom stereocenters. The number of hydrogen-bond acceptors (Lipinski definition) is 5. The summed E-state index contributed by atoms with van der Waals surface area (Å²) in [7, 11) is 0. The highest BCUT2D eigenvalue weighted by molar-refractivity contribution is 7.09. The summed E-state index contributed by atoms with van der Waals surface area (Å²) < 4.78 is 5.71. The number of thiophene rings is 1. The van der Waals surface area contributed by atoms with Crippen LogP contribution in [0.5, 0.6) is 5.75 Å². The third kappa shape index (κ3) is 4.46. The molecule has 32 heavy (non-hydrogen) atoms. The Hall–Kier alpha value is -3.38. The van der Waals surface area contributed by atoms with E-state index in [0.29, 0.717) is 30.4 Å². The molecule has 1 amide bonds. The number of carbonyl (C=O) groups is 2. The van der Waals surface area contributed by atoms with Gasteiger partial charge in [-0.05, 0) is 47.2 Å². The van der Waals surface area contributed by atoms with Crippen LogP contribution in [0.2, 0.25) is 0 Å². The van der Waals surface area contributed by atoms with Crippen LogP contribution in [0.1, 0.15) is 35.9 Å². The zero-order chi connectivity index (χ0) is 22.7. The first-order valence-electron chi connectivity index (χ1n) is 10.5. The Morgan fingerprint density at radius 2 is 1.75 bits per heavy atom. The van der Waals surface area contributed by atoms with Crippen LogP contribution in [0.15, 0.2) is 77.7 Å². The van der Waals surface area contributed by atoms with Gasteiger partial charge in [-0.15, -0.1) is 11.3 Å². The minimum Gasteiger partial charge on any atom is -0.507 e. The highest BCUT2D eigenvalue weighted by atomic mass is 32.1. The van der Waals surface area contributed by atoms with Crippen LogP contribution >= 0.6 is 11.3 Å². The van der Waals surface area contributed by atoms with Crippen molar-refractivity contribution >= 4 is 28.8 Å².